The average Bonchev–Trinajstić information content (AvgIpc) is 3.46. The third-order valence-corrected chi connectivity index (χ3v) is 13.7. The highest BCUT2D eigenvalue weighted by atomic mass is 16.6. The molecule has 1 heterocycles. The van der Waals surface area contributed by atoms with Crippen LogP contribution in [0.25, 0.3) is 0 Å². The highest BCUT2D eigenvalue weighted by Crippen LogP contribution is 2.74. The predicted molar refractivity (Wildman–Crippen MR) is 174 cm³/mol. The summed E-state index contributed by atoms with van der Waals surface area (Å²) < 4.78 is 5.71. The van der Waals surface area contributed by atoms with Crippen molar-refractivity contribution in [1.29, 1.82) is 0 Å². The number of hydrogen-bond donors (Lipinski definition) is 4. The van der Waals surface area contributed by atoms with Crippen LogP contribution < -0.4 is 5.32 Å². The minimum atomic E-state index is -0.760. The van der Waals surface area contributed by atoms with E-state index in [9.17, 15) is 24.9 Å². The number of carbonyl (C=O) groups excluding carboxylic acids is 2. The van der Waals surface area contributed by atoms with E-state index in [1.807, 2.05) is 40.8 Å². The van der Waals surface area contributed by atoms with Gasteiger partial charge in [0, 0.05) is 35.6 Å². The smallest absolute Gasteiger partial charge is 0.159 e. The lowest BCUT2D eigenvalue weighted by Crippen LogP contribution is -2.67. The topological polar surface area (TPSA) is 119 Å². The van der Waals surface area contributed by atoms with Crippen molar-refractivity contribution in [3.05, 3.63) is 40.5 Å². The largest absolute Gasteiger partial charge is 0.508 e. The Morgan fingerprint density at radius 1 is 1.04 bits per heavy atom. The van der Waals surface area contributed by atoms with Gasteiger partial charge in [-0.05, 0) is 104 Å². The number of rotatable bonds is 7. The van der Waals surface area contributed by atoms with Crippen LogP contribution in [0.2, 0.25) is 0 Å². The van der Waals surface area contributed by atoms with Gasteiger partial charge in [0.25, 0.3) is 0 Å². The second kappa shape index (κ2) is 10.5. The fraction of sp³-hybridized carbons (Fsp3) is 0.737. The molecule has 1 aliphatic heterocycles. The number of aliphatic hydroxyl groups excluding tert-OH is 2. The summed E-state index contributed by atoms with van der Waals surface area (Å²) in [7, 11) is 1.87. The van der Waals surface area contributed by atoms with Crippen molar-refractivity contribution in [2.75, 3.05) is 7.05 Å². The van der Waals surface area contributed by atoms with Gasteiger partial charge in [0.05, 0.1) is 17.8 Å². The molecular formula is C38H55NO6. The Hall–Kier alpha value is -2.06. The van der Waals surface area contributed by atoms with Gasteiger partial charge in [-0.1, -0.05) is 53.2 Å². The quantitative estimate of drug-likeness (QED) is 0.283. The number of hydrogen-bond acceptors (Lipinski definition) is 7. The number of aromatic hydroxyl groups is 1. The molecule has 5 aliphatic rings. The second-order valence-corrected chi connectivity index (χ2v) is 17.2. The van der Waals surface area contributed by atoms with Crippen LogP contribution >= 0.6 is 0 Å². The van der Waals surface area contributed by atoms with E-state index in [2.05, 4.69) is 33.0 Å². The lowest BCUT2D eigenvalue weighted by Gasteiger charge is -2.69. The molecule has 6 rings (SSSR count). The molecule has 3 saturated carbocycles. The van der Waals surface area contributed by atoms with Gasteiger partial charge in [0.2, 0.25) is 0 Å². The summed E-state index contributed by atoms with van der Waals surface area (Å²) in [5.41, 5.74) is 1.71. The zero-order valence-corrected chi connectivity index (χ0v) is 28.8. The van der Waals surface area contributed by atoms with Crippen molar-refractivity contribution in [2.24, 2.45) is 39.4 Å². The van der Waals surface area contributed by atoms with E-state index in [0.717, 1.165) is 29.5 Å². The fourth-order valence-electron chi connectivity index (χ4n) is 11.8. The highest BCUT2D eigenvalue weighted by molar-refractivity contribution is 6.00. The Labute approximate surface area is 269 Å². The molecule has 248 valence electrons. The number of ketones is 2. The second-order valence-electron chi connectivity index (χ2n) is 17.2. The molecule has 1 aromatic carbocycles. The number of carbonyl (C=O) groups is 2. The van der Waals surface area contributed by atoms with Gasteiger partial charge in [-0.2, -0.15) is 0 Å². The number of phenols is 1. The molecule has 7 heteroatoms. The highest BCUT2D eigenvalue weighted by Gasteiger charge is 2.71. The first-order valence-corrected chi connectivity index (χ1v) is 17.1. The SMILES string of the molecule is CNCc1cc(O)cc([C@@H]2C[C@@]3(C)[C@@H]([C@@H](O)C[C@@]4(C)[C@H]3CCC3=C([C@H](C)C[C@@H](O)[C@@H]5OC5(C)C)C(=O)C[C@@]34C)C(C)(C)C2=O)c1. The molecule has 4 fully saturated rings. The average molecular weight is 622 g/mol. The maximum Gasteiger partial charge on any atom is 0.159 e. The van der Waals surface area contributed by atoms with Gasteiger partial charge in [0.15, 0.2) is 5.78 Å². The maximum atomic E-state index is 14.3. The molecule has 7 nitrogen and oxygen atoms in total. The van der Waals surface area contributed by atoms with Crippen molar-refractivity contribution in [2.45, 2.75) is 130 Å². The lowest BCUT2D eigenvalue weighted by atomic mass is 9.35. The molecule has 45 heavy (non-hydrogen) atoms. The number of Topliss-reactive ketones (excluding diaryl/α,β-unsaturated/α-hetero) is 2. The fourth-order valence-corrected chi connectivity index (χ4v) is 11.8. The Kier molecular flexibility index (Phi) is 7.65. The molecular weight excluding hydrogens is 566 g/mol. The molecule has 4 aliphatic carbocycles. The van der Waals surface area contributed by atoms with Crippen LogP contribution in [0.3, 0.4) is 0 Å². The molecule has 0 bridgehead atoms. The summed E-state index contributed by atoms with van der Waals surface area (Å²) in [5, 5.41) is 36.9. The number of ether oxygens (including phenoxy) is 1. The standard InChI is InChI=1S/C38H55NO6/c1-20(12-26(41)33-35(4,5)45-33)30-25-10-11-29-36(6)16-24(22-13-21(19-39-9)14-23(40)15-22)32(44)34(2,3)31(36)28(43)18-38(29,8)37(25,7)17-27(30)42/h13-15,20,24,26,28-29,31,33,39-41,43H,10-12,16-19H2,1-9H3/t20-,24+,26-,28+,29+,31+,33+,36-,37+,38+/m1/s1. The number of phenolic OH excluding ortho intramolecular Hbond substituents is 1. The van der Waals surface area contributed by atoms with Crippen LogP contribution in [0.5, 0.6) is 5.75 Å². The van der Waals surface area contributed by atoms with E-state index in [4.69, 9.17) is 4.74 Å². The van der Waals surface area contributed by atoms with Crippen molar-refractivity contribution in [3.63, 3.8) is 0 Å². The minimum absolute atomic E-state index is 0.0745. The molecule has 0 radical (unpaired) electrons. The number of epoxide rings is 1. The van der Waals surface area contributed by atoms with Crippen LogP contribution in [-0.4, -0.2) is 57.8 Å². The van der Waals surface area contributed by atoms with Gasteiger partial charge in [-0.25, -0.2) is 0 Å². The first-order valence-electron chi connectivity index (χ1n) is 17.1. The number of aliphatic hydroxyl groups is 2. The van der Waals surface area contributed by atoms with Crippen molar-refractivity contribution in [3.8, 4) is 5.75 Å². The van der Waals surface area contributed by atoms with E-state index >= 15 is 0 Å². The van der Waals surface area contributed by atoms with Crippen molar-refractivity contribution in [1.82, 2.24) is 5.32 Å². The van der Waals surface area contributed by atoms with Crippen LogP contribution in [0.1, 0.15) is 111 Å². The van der Waals surface area contributed by atoms with E-state index < -0.39 is 23.0 Å². The zero-order valence-electron chi connectivity index (χ0n) is 28.8. The van der Waals surface area contributed by atoms with E-state index in [1.165, 1.54) is 5.57 Å². The summed E-state index contributed by atoms with van der Waals surface area (Å²) in [5.74, 6) is 0.00364. The Bertz CT molecular complexity index is 1450. The van der Waals surface area contributed by atoms with Crippen molar-refractivity contribution >= 4 is 11.6 Å². The molecule has 0 amide bonds. The Morgan fingerprint density at radius 2 is 1.71 bits per heavy atom. The maximum absolute atomic E-state index is 14.3. The number of allylic oxidation sites excluding steroid dienone is 2. The molecule has 4 N–H and O–H groups in total. The molecule has 0 unspecified atom stereocenters. The van der Waals surface area contributed by atoms with E-state index in [-0.39, 0.29) is 63.5 Å². The molecule has 1 aromatic rings. The summed E-state index contributed by atoms with van der Waals surface area (Å²) in [6, 6.07) is 5.54. The minimum Gasteiger partial charge on any atom is -0.508 e. The molecule has 10 atom stereocenters. The van der Waals surface area contributed by atoms with Gasteiger partial charge in [0.1, 0.15) is 17.6 Å². The number of benzene rings is 1. The summed E-state index contributed by atoms with van der Waals surface area (Å²) in [6.07, 6.45) is 2.31. The zero-order chi connectivity index (χ0) is 33.1. The monoisotopic (exact) mass is 621 g/mol. The Balaban J connectivity index is 1.38. The first-order chi connectivity index (χ1) is 20.8. The van der Waals surface area contributed by atoms with Crippen molar-refractivity contribution < 1.29 is 29.6 Å². The Morgan fingerprint density at radius 3 is 2.33 bits per heavy atom. The van der Waals surface area contributed by atoms with Crippen LogP contribution in [0.15, 0.2) is 29.3 Å². The summed E-state index contributed by atoms with van der Waals surface area (Å²) in [4.78, 5) is 28.2. The third-order valence-electron chi connectivity index (χ3n) is 13.7. The normalized spacial score (nSPS) is 41.3. The van der Waals surface area contributed by atoms with Gasteiger partial charge >= 0.3 is 0 Å². The van der Waals surface area contributed by atoms with Crippen LogP contribution in [-0.2, 0) is 20.9 Å². The van der Waals surface area contributed by atoms with E-state index in [1.54, 1.807) is 12.1 Å². The molecule has 1 saturated heterocycles. The summed E-state index contributed by atoms with van der Waals surface area (Å²) in [6.45, 7) is 17.5. The van der Waals surface area contributed by atoms with Crippen LogP contribution in [0.4, 0.5) is 0 Å². The van der Waals surface area contributed by atoms with Gasteiger partial charge in [-0.3, -0.25) is 9.59 Å². The first kappa shape index (κ1) is 32.9. The van der Waals surface area contributed by atoms with Gasteiger partial charge in [-0.15, -0.1) is 0 Å². The predicted octanol–water partition coefficient (Wildman–Crippen LogP) is 5.84. The van der Waals surface area contributed by atoms with Crippen LogP contribution in [0, 0.1) is 39.4 Å². The summed E-state index contributed by atoms with van der Waals surface area (Å²) >= 11 is 0. The number of nitrogens with one attached hydrogen (secondary N) is 1. The molecule has 0 spiro atoms. The lowest BCUT2D eigenvalue weighted by molar-refractivity contribution is -0.219. The van der Waals surface area contributed by atoms with Gasteiger partial charge < -0.3 is 25.4 Å². The van der Waals surface area contributed by atoms with E-state index in [0.29, 0.717) is 32.2 Å². The molecule has 0 aromatic heterocycles. The third kappa shape index (κ3) is 4.73. The number of fused-ring (bicyclic) bond motifs is 5.